The molecule has 6 nitrogen and oxygen atoms in total. The molecule has 1 aromatic heterocycles. The van der Waals surface area contributed by atoms with Crippen molar-refractivity contribution in [2.75, 3.05) is 18.1 Å². The smallest absolute Gasteiger partial charge is 0.269 e. The summed E-state index contributed by atoms with van der Waals surface area (Å²) < 4.78 is 22.5. The van der Waals surface area contributed by atoms with E-state index in [4.69, 9.17) is 0 Å². The predicted molar refractivity (Wildman–Crippen MR) is 68.0 cm³/mol. The van der Waals surface area contributed by atoms with E-state index in [-0.39, 0.29) is 23.4 Å². The second-order valence-electron chi connectivity index (χ2n) is 3.92. The van der Waals surface area contributed by atoms with Gasteiger partial charge in [0.1, 0.15) is 5.69 Å². The molecule has 0 bridgehead atoms. The number of aromatic nitrogens is 1. The summed E-state index contributed by atoms with van der Waals surface area (Å²) in [5.41, 5.74) is 0.947. The van der Waals surface area contributed by atoms with E-state index in [0.29, 0.717) is 5.69 Å². The van der Waals surface area contributed by atoms with Crippen LogP contribution >= 0.6 is 0 Å². The highest BCUT2D eigenvalue weighted by atomic mass is 32.2. The third kappa shape index (κ3) is 2.86. The predicted octanol–water partition coefficient (Wildman–Crippen LogP) is 0.164. The normalized spacial score (nSPS) is 20.6. The number of amides is 1. The van der Waals surface area contributed by atoms with Gasteiger partial charge in [-0.15, -0.1) is 0 Å². The zero-order chi connectivity index (χ0) is 13.2. The van der Waals surface area contributed by atoms with Gasteiger partial charge in [-0.1, -0.05) is 6.08 Å². The van der Waals surface area contributed by atoms with Gasteiger partial charge in [0.25, 0.3) is 5.91 Å². The van der Waals surface area contributed by atoms with Gasteiger partial charge in [0.15, 0.2) is 9.84 Å². The van der Waals surface area contributed by atoms with Crippen LogP contribution in [0.4, 0.5) is 5.69 Å². The quantitative estimate of drug-likeness (QED) is 0.814. The van der Waals surface area contributed by atoms with Gasteiger partial charge in [0, 0.05) is 24.3 Å². The maximum Gasteiger partial charge on any atom is 0.269 e. The molecule has 0 saturated carbocycles. The first-order valence-electron chi connectivity index (χ1n) is 5.36. The SMILES string of the molecule is CNC(=O)c1cc(NC2C=CS(=O)(=O)C2)ccn1. The number of anilines is 1. The van der Waals surface area contributed by atoms with E-state index in [9.17, 15) is 13.2 Å². The van der Waals surface area contributed by atoms with Crippen molar-refractivity contribution in [1.29, 1.82) is 0 Å². The van der Waals surface area contributed by atoms with Gasteiger partial charge in [-0.3, -0.25) is 9.78 Å². The summed E-state index contributed by atoms with van der Waals surface area (Å²) in [5, 5.41) is 6.71. The first-order chi connectivity index (χ1) is 8.50. The molecular weight excluding hydrogens is 254 g/mol. The molecule has 0 aromatic carbocycles. The minimum absolute atomic E-state index is 0.0324. The summed E-state index contributed by atoms with van der Waals surface area (Å²) in [6.07, 6.45) is 3.09. The van der Waals surface area contributed by atoms with E-state index < -0.39 is 9.84 Å². The Labute approximate surface area is 105 Å². The lowest BCUT2D eigenvalue weighted by atomic mass is 10.2. The van der Waals surface area contributed by atoms with E-state index in [1.54, 1.807) is 18.2 Å². The molecule has 0 radical (unpaired) electrons. The molecule has 0 spiro atoms. The molecule has 2 rings (SSSR count). The minimum Gasteiger partial charge on any atom is -0.378 e. The van der Waals surface area contributed by atoms with Crippen molar-refractivity contribution in [2.45, 2.75) is 6.04 Å². The van der Waals surface area contributed by atoms with Crippen molar-refractivity contribution >= 4 is 21.4 Å². The molecule has 0 aliphatic carbocycles. The number of nitrogens with zero attached hydrogens (tertiary/aromatic N) is 1. The third-order valence-electron chi connectivity index (χ3n) is 2.50. The average Bonchev–Trinajstić information content (AvgIpc) is 2.68. The zero-order valence-corrected chi connectivity index (χ0v) is 10.6. The monoisotopic (exact) mass is 267 g/mol. The summed E-state index contributed by atoms with van der Waals surface area (Å²) in [6.45, 7) is 0. The fraction of sp³-hybridized carbons (Fsp3) is 0.273. The molecule has 1 atom stereocenters. The lowest BCUT2D eigenvalue weighted by Crippen LogP contribution is -2.22. The molecule has 96 valence electrons. The number of nitrogens with one attached hydrogen (secondary N) is 2. The number of carbonyl (C=O) groups excluding carboxylic acids is 1. The third-order valence-corrected chi connectivity index (χ3v) is 3.90. The van der Waals surface area contributed by atoms with Crippen molar-refractivity contribution in [3.63, 3.8) is 0 Å². The first kappa shape index (κ1) is 12.6. The Morgan fingerprint density at radius 3 is 2.89 bits per heavy atom. The van der Waals surface area contributed by atoms with E-state index in [1.807, 2.05) is 0 Å². The summed E-state index contributed by atoms with van der Waals surface area (Å²) in [6, 6.07) is 3.00. The number of sulfone groups is 1. The van der Waals surface area contributed by atoms with Crippen LogP contribution in [0.5, 0.6) is 0 Å². The van der Waals surface area contributed by atoms with Crippen molar-refractivity contribution in [2.24, 2.45) is 0 Å². The molecule has 1 aromatic rings. The Morgan fingerprint density at radius 1 is 1.50 bits per heavy atom. The second-order valence-corrected chi connectivity index (χ2v) is 5.85. The highest BCUT2D eigenvalue weighted by Crippen LogP contribution is 2.15. The Bertz CT molecular complexity index is 595. The van der Waals surface area contributed by atoms with Crippen LogP contribution in [-0.4, -0.2) is 38.2 Å². The first-order valence-corrected chi connectivity index (χ1v) is 7.07. The minimum atomic E-state index is -3.08. The molecule has 2 heterocycles. The van der Waals surface area contributed by atoms with Crippen molar-refractivity contribution < 1.29 is 13.2 Å². The zero-order valence-electron chi connectivity index (χ0n) is 9.75. The van der Waals surface area contributed by atoms with E-state index in [0.717, 1.165) is 0 Å². The molecule has 0 saturated heterocycles. The topological polar surface area (TPSA) is 88.2 Å². The number of hydrogen-bond acceptors (Lipinski definition) is 5. The fourth-order valence-corrected chi connectivity index (χ4v) is 2.89. The summed E-state index contributed by atoms with van der Waals surface area (Å²) in [4.78, 5) is 15.3. The van der Waals surface area contributed by atoms with Crippen molar-refractivity contribution in [3.8, 4) is 0 Å². The van der Waals surface area contributed by atoms with E-state index >= 15 is 0 Å². The van der Waals surface area contributed by atoms with Gasteiger partial charge < -0.3 is 10.6 Å². The van der Waals surface area contributed by atoms with Crippen LogP contribution in [0.2, 0.25) is 0 Å². The van der Waals surface area contributed by atoms with Gasteiger partial charge in [-0.2, -0.15) is 0 Å². The number of pyridine rings is 1. The standard InChI is InChI=1S/C11H13N3O3S/c1-12-11(15)10-6-8(2-4-13-10)14-9-3-5-18(16,17)7-9/h2-6,9H,7H2,1H3,(H,12,15)(H,13,14). The largest absolute Gasteiger partial charge is 0.378 e. The lowest BCUT2D eigenvalue weighted by molar-refractivity contribution is 0.0958. The van der Waals surface area contributed by atoms with Crippen LogP contribution in [0.25, 0.3) is 0 Å². The van der Waals surface area contributed by atoms with Crippen molar-refractivity contribution in [3.05, 3.63) is 35.5 Å². The highest BCUT2D eigenvalue weighted by Gasteiger charge is 2.21. The van der Waals surface area contributed by atoms with Crippen LogP contribution in [-0.2, 0) is 9.84 Å². The number of carbonyl (C=O) groups is 1. The number of hydrogen-bond donors (Lipinski definition) is 2. The Hall–Kier alpha value is -1.89. The maximum absolute atomic E-state index is 11.4. The maximum atomic E-state index is 11.4. The van der Waals surface area contributed by atoms with Crippen LogP contribution < -0.4 is 10.6 Å². The Kier molecular flexibility index (Phi) is 3.33. The Morgan fingerprint density at radius 2 is 2.28 bits per heavy atom. The van der Waals surface area contributed by atoms with Crippen LogP contribution in [0, 0.1) is 0 Å². The second kappa shape index (κ2) is 4.77. The van der Waals surface area contributed by atoms with Gasteiger partial charge >= 0.3 is 0 Å². The van der Waals surface area contributed by atoms with Gasteiger partial charge in [0.2, 0.25) is 0 Å². The highest BCUT2D eigenvalue weighted by molar-refractivity contribution is 7.94. The van der Waals surface area contributed by atoms with Gasteiger partial charge in [-0.25, -0.2) is 8.42 Å². The van der Waals surface area contributed by atoms with E-state index in [2.05, 4.69) is 15.6 Å². The summed E-state index contributed by atoms with van der Waals surface area (Å²) >= 11 is 0. The van der Waals surface area contributed by atoms with Crippen LogP contribution in [0.3, 0.4) is 0 Å². The average molecular weight is 267 g/mol. The molecule has 1 aliphatic rings. The van der Waals surface area contributed by atoms with E-state index in [1.165, 1.54) is 18.7 Å². The molecule has 2 N–H and O–H groups in total. The Balaban J connectivity index is 2.11. The lowest BCUT2D eigenvalue weighted by Gasteiger charge is -2.11. The molecule has 0 fully saturated rings. The molecule has 18 heavy (non-hydrogen) atoms. The van der Waals surface area contributed by atoms with Gasteiger partial charge in [0.05, 0.1) is 11.8 Å². The summed E-state index contributed by atoms with van der Waals surface area (Å²) in [7, 11) is -1.56. The summed E-state index contributed by atoms with van der Waals surface area (Å²) in [5.74, 6) is -0.252. The van der Waals surface area contributed by atoms with Crippen LogP contribution in [0.1, 0.15) is 10.5 Å². The molecule has 1 aliphatic heterocycles. The fourth-order valence-electron chi connectivity index (χ4n) is 1.65. The number of rotatable bonds is 3. The molecular formula is C11H13N3O3S. The van der Waals surface area contributed by atoms with Crippen molar-refractivity contribution in [1.82, 2.24) is 10.3 Å². The molecule has 1 amide bonds. The van der Waals surface area contributed by atoms with Crippen LogP contribution in [0.15, 0.2) is 29.8 Å². The molecule has 1 unspecified atom stereocenters. The van der Waals surface area contributed by atoms with Gasteiger partial charge in [-0.05, 0) is 12.1 Å². The molecule has 7 heteroatoms.